The number of carbonyl (C=O) groups is 2. The van der Waals surface area contributed by atoms with Gasteiger partial charge in [0.1, 0.15) is 6.10 Å². The maximum absolute atomic E-state index is 12.7. The van der Waals surface area contributed by atoms with Gasteiger partial charge in [-0.2, -0.15) is 0 Å². The number of esters is 2. The molecule has 0 aliphatic carbocycles. The smallest absolute Gasteiger partial charge is 0.307 e. The number of rotatable bonds is 37. The Morgan fingerprint density at radius 2 is 1.10 bits per heavy atom. The first-order valence-electron chi connectivity index (χ1n) is 20.7. The molecule has 0 fully saturated rings. The summed E-state index contributed by atoms with van der Waals surface area (Å²) in [4.78, 5) is 27.0. The fraction of sp³-hybridized carbons (Fsp3) is 0.951. The summed E-state index contributed by atoms with van der Waals surface area (Å²) in [6.45, 7) is 11.2. The monoisotopic (exact) mass is 684 g/mol. The molecular weight excluding hydrogens is 602 g/mol. The number of carbonyl (C=O) groups excluding carboxylic acids is 2. The Bertz CT molecular complexity index is 686. The molecule has 1 unspecified atom stereocenters. The number of aliphatic hydroxyl groups is 2. The fourth-order valence-electron chi connectivity index (χ4n) is 6.31. The molecule has 0 bridgehead atoms. The van der Waals surface area contributed by atoms with Gasteiger partial charge in [0.05, 0.1) is 19.1 Å². The zero-order valence-corrected chi connectivity index (χ0v) is 32.3. The topological polar surface area (TPSA) is 96.3 Å². The van der Waals surface area contributed by atoms with Gasteiger partial charge in [0.15, 0.2) is 0 Å². The molecule has 0 aromatic rings. The average molecular weight is 684 g/mol. The summed E-state index contributed by atoms with van der Waals surface area (Å²) in [5.74, 6) is 0.510. The van der Waals surface area contributed by atoms with E-state index in [0.29, 0.717) is 51.9 Å². The summed E-state index contributed by atoms with van der Waals surface area (Å²) >= 11 is 0. The van der Waals surface area contributed by atoms with Crippen molar-refractivity contribution >= 4 is 11.9 Å². The predicted molar refractivity (Wildman–Crippen MR) is 201 cm³/mol. The second-order valence-electron chi connectivity index (χ2n) is 14.8. The molecular formula is C41H81NO6. The van der Waals surface area contributed by atoms with Gasteiger partial charge in [-0.25, -0.2) is 0 Å². The number of ether oxygens (including phenoxy) is 2. The van der Waals surface area contributed by atoms with E-state index in [9.17, 15) is 19.8 Å². The lowest BCUT2D eigenvalue weighted by atomic mass is 10.0. The average Bonchev–Trinajstić information content (AvgIpc) is 3.06. The molecule has 0 saturated heterocycles. The Kier molecular flexibility index (Phi) is 34.8. The Balaban J connectivity index is 4.28. The van der Waals surface area contributed by atoms with Crippen LogP contribution in [0.2, 0.25) is 0 Å². The van der Waals surface area contributed by atoms with Crippen molar-refractivity contribution in [3.8, 4) is 0 Å². The number of hydrogen-bond donors (Lipinski definition) is 2. The van der Waals surface area contributed by atoms with Crippen LogP contribution in [0.15, 0.2) is 0 Å². The molecule has 7 nitrogen and oxygen atoms in total. The van der Waals surface area contributed by atoms with Crippen molar-refractivity contribution in [1.29, 1.82) is 0 Å². The van der Waals surface area contributed by atoms with Crippen molar-refractivity contribution in [2.45, 2.75) is 213 Å². The number of nitrogens with zero attached hydrogens (tertiary/aromatic N) is 1. The zero-order chi connectivity index (χ0) is 35.5. The molecule has 7 heteroatoms. The number of hydrogen-bond acceptors (Lipinski definition) is 7. The molecule has 0 saturated carbocycles. The third-order valence-corrected chi connectivity index (χ3v) is 9.40. The SMILES string of the molecule is CCCCCCCCC(CCCCCCCC)OC(=O)CCCCCC(O)CN(CCCO)CCC(=O)OCCCCCCCC(C)C. The summed E-state index contributed by atoms with van der Waals surface area (Å²) in [6.07, 6.45) is 28.1. The maximum Gasteiger partial charge on any atom is 0.307 e. The molecule has 0 rings (SSSR count). The van der Waals surface area contributed by atoms with Crippen LogP contribution in [0, 0.1) is 5.92 Å². The molecule has 0 amide bonds. The second kappa shape index (κ2) is 35.6. The predicted octanol–water partition coefficient (Wildman–Crippen LogP) is 10.3. The second-order valence-corrected chi connectivity index (χ2v) is 14.8. The summed E-state index contributed by atoms with van der Waals surface area (Å²) in [6, 6.07) is 0. The molecule has 48 heavy (non-hydrogen) atoms. The van der Waals surface area contributed by atoms with Crippen molar-refractivity contribution in [2.75, 3.05) is 32.8 Å². The van der Waals surface area contributed by atoms with Crippen molar-refractivity contribution in [2.24, 2.45) is 5.92 Å². The highest BCUT2D eigenvalue weighted by atomic mass is 16.5. The molecule has 2 N–H and O–H groups in total. The zero-order valence-electron chi connectivity index (χ0n) is 32.3. The molecule has 0 aliphatic heterocycles. The minimum Gasteiger partial charge on any atom is -0.466 e. The Morgan fingerprint density at radius 1 is 0.583 bits per heavy atom. The summed E-state index contributed by atoms with van der Waals surface area (Å²) < 4.78 is 11.4. The minimum absolute atomic E-state index is 0.0586. The van der Waals surface area contributed by atoms with Gasteiger partial charge in [0.25, 0.3) is 0 Å². The molecule has 0 spiro atoms. The lowest BCUT2D eigenvalue weighted by Crippen LogP contribution is -2.35. The van der Waals surface area contributed by atoms with E-state index in [1.54, 1.807) is 0 Å². The van der Waals surface area contributed by atoms with E-state index in [4.69, 9.17) is 9.47 Å². The lowest BCUT2D eigenvalue weighted by molar-refractivity contribution is -0.150. The molecule has 0 aromatic heterocycles. The summed E-state index contributed by atoms with van der Waals surface area (Å²) in [5.41, 5.74) is 0. The van der Waals surface area contributed by atoms with Crippen LogP contribution in [-0.4, -0.2) is 72.1 Å². The van der Waals surface area contributed by atoms with Crippen LogP contribution in [-0.2, 0) is 19.1 Å². The Labute approximate surface area is 297 Å². The lowest BCUT2D eigenvalue weighted by Gasteiger charge is -2.24. The summed E-state index contributed by atoms with van der Waals surface area (Å²) in [7, 11) is 0. The molecule has 286 valence electrons. The van der Waals surface area contributed by atoms with E-state index in [0.717, 1.165) is 63.7 Å². The van der Waals surface area contributed by atoms with Crippen LogP contribution < -0.4 is 0 Å². The van der Waals surface area contributed by atoms with Gasteiger partial charge in [0.2, 0.25) is 0 Å². The van der Waals surface area contributed by atoms with Gasteiger partial charge < -0.3 is 24.6 Å². The first-order valence-corrected chi connectivity index (χ1v) is 20.7. The minimum atomic E-state index is -0.499. The van der Waals surface area contributed by atoms with E-state index in [1.165, 1.54) is 89.9 Å². The van der Waals surface area contributed by atoms with E-state index in [1.807, 2.05) is 0 Å². The van der Waals surface area contributed by atoms with Crippen LogP contribution in [0.1, 0.15) is 201 Å². The van der Waals surface area contributed by atoms with Crippen LogP contribution in [0.25, 0.3) is 0 Å². The molecule has 0 radical (unpaired) electrons. The van der Waals surface area contributed by atoms with E-state index in [-0.39, 0.29) is 24.6 Å². The van der Waals surface area contributed by atoms with Crippen LogP contribution >= 0.6 is 0 Å². The van der Waals surface area contributed by atoms with Gasteiger partial charge in [-0.15, -0.1) is 0 Å². The van der Waals surface area contributed by atoms with Gasteiger partial charge in [-0.05, 0) is 57.3 Å². The standard InChI is InChI=1S/C41H81NO6/c1-5-7-9-11-15-21-28-39(29-22-16-12-10-8-6-2)48-41(46)30-23-18-20-27-38(44)36-42(32-25-34-43)33-31-40(45)47-35-24-17-13-14-19-26-37(3)4/h37-39,43-44H,5-36H2,1-4H3. The molecule has 0 heterocycles. The maximum atomic E-state index is 12.7. The van der Waals surface area contributed by atoms with Crippen molar-refractivity contribution in [3.05, 3.63) is 0 Å². The van der Waals surface area contributed by atoms with Gasteiger partial charge >= 0.3 is 11.9 Å². The van der Waals surface area contributed by atoms with Crippen molar-refractivity contribution in [3.63, 3.8) is 0 Å². The summed E-state index contributed by atoms with van der Waals surface area (Å²) in [5, 5.41) is 20.0. The normalized spacial score (nSPS) is 12.4. The first kappa shape index (κ1) is 46.8. The highest BCUT2D eigenvalue weighted by molar-refractivity contribution is 5.69. The van der Waals surface area contributed by atoms with Gasteiger partial charge in [-0.3, -0.25) is 9.59 Å². The molecule has 1 atom stereocenters. The molecule has 0 aliphatic rings. The number of unbranched alkanes of at least 4 members (excludes halogenated alkanes) is 16. The third kappa shape index (κ3) is 33.3. The van der Waals surface area contributed by atoms with Crippen molar-refractivity contribution in [1.82, 2.24) is 4.90 Å². The van der Waals surface area contributed by atoms with E-state index in [2.05, 4.69) is 32.6 Å². The quantitative estimate of drug-likeness (QED) is 0.0497. The fourth-order valence-corrected chi connectivity index (χ4v) is 6.31. The number of aliphatic hydroxyl groups excluding tert-OH is 2. The van der Waals surface area contributed by atoms with Gasteiger partial charge in [-0.1, -0.05) is 137 Å². The first-order chi connectivity index (χ1) is 23.3. The van der Waals surface area contributed by atoms with Crippen LogP contribution in [0.3, 0.4) is 0 Å². The highest BCUT2D eigenvalue weighted by Gasteiger charge is 2.16. The third-order valence-electron chi connectivity index (χ3n) is 9.40. The Hall–Kier alpha value is -1.18. The van der Waals surface area contributed by atoms with Crippen molar-refractivity contribution < 1.29 is 29.3 Å². The van der Waals surface area contributed by atoms with Gasteiger partial charge in [0, 0.05) is 32.7 Å². The van der Waals surface area contributed by atoms with E-state index < -0.39 is 6.10 Å². The largest absolute Gasteiger partial charge is 0.466 e. The highest BCUT2D eigenvalue weighted by Crippen LogP contribution is 2.18. The van der Waals surface area contributed by atoms with Crippen LogP contribution in [0.4, 0.5) is 0 Å². The van der Waals surface area contributed by atoms with Crippen LogP contribution in [0.5, 0.6) is 0 Å². The Morgan fingerprint density at radius 3 is 1.69 bits per heavy atom. The van der Waals surface area contributed by atoms with E-state index >= 15 is 0 Å². The molecule has 0 aromatic carbocycles.